The number of ether oxygens (including phenoxy) is 4. The smallest absolute Gasteiger partial charge is 0.306 e. The molecule has 0 aromatic heterocycles. The van der Waals surface area contributed by atoms with Gasteiger partial charge in [-0.1, -0.05) is 198 Å². The van der Waals surface area contributed by atoms with Gasteiger partial charge in [0, 0.05) is 13.0 Å². The van der Waals surface area contributed by atoms with Gasteiger partial charge in [0.25, 0.3) is 0 Å². The molecule has 1 saturated heterocycles. The zero-order valence-electron chi connectivity index (χ0n) is 44.6. The fraction of sp³-hybridized carbons (Fsp3) is 0.571. The van der Waals surface area contributed by atoms with Gasteiger partial charge in [0.15, 0.2) is 6.29 Å². The molecular weight excluding hydrogens is 901 g/mol. The number of unbranched alkanes of at least 4 members (excludes halogenated alkanes) is 8. The molecule has 1 aliphatic rings. The summed E-state index contributed by atoms with van der Waals surface area (Å²) >= 11 is 0. The highest BCUT2D eigenvalue weighted by molar-refractivity contribution is 5.69. The van der Waals surface area contributed by atoms with E-state index in [1.54, 1.807) is 0 Å². The highest BCUT2D eigenvalue weighted by Crippen LogP contribution is 2.22. The Kier molecular flexibility index (Phi) is 47.3. The van der Waals surface area contributed by atoms with E-state index in [1.165, 1.54) is 0 Å². The molecule has 1 aliphatic heterocycles. The van der Waals surface area contributed by atoms with E-state index in [9.17, 15) is 25.2 Å². The zero-order valence-corrected chi connectivity index (χ0v) is 44.6. The number of aliphatic hydroxyl groups excluding tert-OH is 4. The van der Waals surface area contributed by atoms with Crippen LogP contribution in [0.1, 0.15) is 168 Å². The SMILES string of the molecule is CC/C=C\C/C=C\C/C=C\C/C=C\C/C=C\C/C=C\C/C=C\CCCCOCC(COC1OC(CO)C(O)C(O)C1O)OC(=O)CCCCCCCC/C=C\C/C=C\C/C=C\C/C=C\C/C=C\C/C=C\CC. The van der Waals surface area contributed by atoms with Crippen LogP contribution in [0.5, 0.6) is 0 Å². The normalized spacial score (nSPS) is 20.0. The Morgan fingerprint density at radius 1 is 0.444 bits per heavy atom. The molecule has 0 aromatic rings. The molecule has 0 aromatic carbocycles. The molecule has 0 aliphatic carbocycles. The number of allylic oxidation sites excluding steroid dienone is 26. The van der Waals surface area contributed by atoms with Crippen LogP contribution in [0, 0.1) is 0 Å². The first-order chi connectivity index (χ1) is 35.4. The van der Waals surface area contributed by atoms with Gasteiger partial charge >= 0.3 is 5.97 Å². The Balaban J connectivity index is 2.27. The summed E-state index contributed by atoms with van der Waals surface area (Å²) < 4.78 is 22.9. The highest BCUT2D eigenvalue weighted by Gasteiger charge is 2.44. The first-order valence-corrected chi connectivity index (χ1v) is 27.6. The molecule has 9 nitrogen and oxygen atoms in total. The Morgan fingerprint density at radius 2 is 0.806 bits per heavy atom. The predicted octanol–water partition coefficient (Wildman–Crippen LogP) is 14.4. The Labute approximate surface area is 437 Å². The predicted molar refractivity (Wildman–Crippen MR) is 301 cm³/mol. The van der Waals surface area contributed by atoms with E-state index in [2.05, 4.69) is 172 Å². The van der Waals surface area contributed by atoms with Gasteiger partial charge in [-0.2, -0.15) is 0 Å². The molecule has 6 unspecified atom stereocenters. The molecule has 404 valence electrons. The summed E-state index contributed by atoms with van der Waals surface area (Å²) in [4.78, 5) is 12.9. The van der Waals surface area contributed by atoms with Gasteiger partial charge in [0.2, 0.25) is 0 Å². The lowest BCUT2D eigenvalue weighted by atomic mass is 9.99. The number of carbonyl (C=O) groups is 1. The zero-order chi connectivity index (χ0) is 52.1. The standard InChI is InChI=1S/C63H98O9/c1-3-5-7-9-11-13-15-17-19-21-23-25-27-29-30-32-34-36-38-40-42-44-46-48-50-52-59(65)71-57(56-70-63-62(68)61(67)60(66)58(54-64)72-63)55-69-53-51-49-47-45-43-41-39-37-35-33-31-28-26-24-22-20-18-16-14-12-10-8-6-4-2/h5-8,11-14,17-20,23-26,29-31,33-34,36-37,39,43,45,57-58,60-64,66-68H,3-4,9-10,15-16,21-22,27-28,32,35,38,40-42,44,46-56H2,1-2H3/b7-5-,8-6-,13-11-,14-12-,19-17-,20-18-,25-23-,26-24-,30-29-,33-31-,36-34-,39-37-,45-43-. The lowest BCUT2D eigenvalue weighted by Crippen LogP contribution is -2.59. The van der Waals surface area contributed by atoms with Crippen molar-refractivity contribution in [3.05, 3.63) is 158 Å². The van der Waals surface area contributed by atoms with Crippen LogP contribution in [-0.2, 0) is 23.7 Å². The van der Waals surface area contributed by atoms with E-state index >= 15 is 0 Å². The first kappa shape index (κ1) is 65.8. The quantitative estimate of drug-likeness (QED) is 0.0267. The van der Waals surface area contributed by atoms with E-state index in [0.29, 0.717) is 6.61 Å². The van der Waals surface area contributed by atoms with E-state index in [1.807, 2.05) is 0 Å². The first-order valence-electron chi connectivity index (χ1n) is 27.6. The van der Waals surface area contributed by atoms with Gasteiger partial charge in [0.05, 0.1) is 19.8 Å². The number of carbonyl (C=O) groups excluding carboxylic acids is 1. The molecule has 72 heavy (non-hydrogen) atoms. The molecular formula is C63H98O9. The van der Waals surface area contributed by atoms with Crippen LogP contribution in [-0.4, -0.2) is 89.6 Å². The van der Waals surface area contributed by atoms with Gasteiger partial charge in [-0.15, -0.1) is 0 Å². The number of hydrogen-bond acceptors (Lipinski definition) is 9. The van der Waals surface area contributed by atoms with Crippen molar-refractivity contribution in [3.8, 4) is 0 Å². The molecule has 0 bridgehead atoms. The monoisotopic (exact) mass is 999 g/mol. The second-order valence-electron chi connectivity index (χ2n) is 17.9. The van der Waals surface area contributed by atoms with E-state index in [4.69, 9.17) is 18.9 Å². The molecule has 1 heterocycles. The van der Waals surface area contributed by atoms with Crippen molar-refractivity contribution in [2.24, 2.45) is 0 Å². The average molecular weight is 999 g/mol. The molecule has 1 rings (SSSR count). The third-order valence-electron chi connectivity index (χ3n) is 11.4. The van der Waals surface area contributed by atoms with Crippen molar-refractivity contribution < 1.29 is 44.2 Å². The van der Waals surface area contributed by atoms with Gasteiger partial charge in [-0.25, -0.2) is 0 Å². The lowest BCUT2D eigenvalue weighted by molar-refractivity contribution is -0.305. The topological polar surface area (TPSA) is 135 Å². The Morgan fingerprint density at radius 3 is 1.21 bits per heavy atom. The van der Waals surface area contributed by atoms with Gasteiger partial charge in [-0.05, 0) is 122 Å². The maximum absolute atomic E-state index is 12.9. The maximum atomic E-state index is 12.9. The Hall–Kier alpha value is -4.19. The summed E-state index contributed by atoms with van der Waals surface area (Å²) in [5.74, 6) is -0.351. The van der Waals surface area contributed by atoms with Crippen LogP contribution >= 0.6 is 0 Å². The van der Waals surface area contributed by atoms with Crippen LogP contribution in [0.25, 0.3) is 0 Å². The number of rotatable bonds is 45. The Bertz CT molecular complexity index is 1660. The van der Waals surface area contributed by atoms with Crippen molar-refractivity contribution in [1.82, 2.24) is 0 Å². The van der Waals surface area contributed by atoms with Crippen LogP contribution in [0.15, 0.2) is 158 Å². The van der Waals surface area contributed by atoms with Gasteiger partial charge < -0.3 is 39.4 Å². The largest absolute Gasteiger partial charge is 0.457 e. The van der Waals surface area contributed by atoms with Crippen molar-refractivity contribution in [1.29, 1.82) is 0 Å². The second kappa shape index (κ2) is 51.7. The van der Waals surface area contributed by atoms with Crippen LogP contribution < -0.4 is 0 Å². The molecule has 4 N–H and O–H groups in total. The van der Waals surface area contributed by atoms with Crippen LogP contribution in [0.4, 0.5) is 0 Å². The van der Waals surface area contributed by atoms with Crippen molar-refractivity contribution >= 4 is 5.97 Å². The molecule has 0 radical (unpaired) electrons. The minimum atomic E-state index is -1.56. The molecule has 0 spiro atoms. The van der Waals surface area contributed by atoms with Crippen LogP contribution in [0.2, 0.25) is 0 Å². The van der Waals surface area contributed by atoms with Gasteiger partial charge in [0.1, 0.15) is 30.5 Å². The fourth-order valence-corrected chi connectivity index (χ4v) is 7.24. The number of hydrogen-bond donors (Lipinski definition) is 4. The second-order valence-corrected chi connectivity index (χ2v) is 17.9. The summed E-state index contributed by atoms with van der Waals surface area (Å²) in [6.45, 7) is 4.17. The maximum Gasteiger partial charge on any atom is 0.306 e. The number of aliphatic hydroxyl groups is 4. The average Bonchev–Trinajstić information content (AvgIpc) is 3.38. The van der Waals surface area contributed by atoms with Crippen molar-refractivity contribution in [2.75, 3.05) is 26.4 Å². The minimum Gasteiger partial charge on any atom is -0.457 e. The molecule has 0 amide bonds. The third kappa shape index (κ3) is 41.3. The van der Waals surface area contributed by atoms with E-state index in [-0.39, 0.29) is 25.6 Å². The van der Waals surface area contributed by atoms with Crippen molar-refractivity contribution in [3.63, 3.8) is 0 Å². The minimum absolute atomic E-state index is 0.0957. The van der Waals surface area contributed by atoms with Gasteiger partial charge in [-0.3, -0.25) is 4.79 Å². The summed E-state index contributed by atoms with van der Waals surface area (Å²) in [7, 11) is 0. The fourth-order valence-electron chi connectivity index (χ4n) is 7.24. The van der Waals surface area contributed by atoms with Crippen LogP contribution in [0.3, 0.4) is 0 Å². The summed E-state index contributed by atoms with van der Waals surface area (Å²) in [5.41, 5.74) is 0. The summed E-state index contributed by atoms with van der Waals surface area (Å²) in [6.07, 6.45) is 72.8. The molecule has 1 fully saturated rings. The van der Waals surface area contributed by atoms with E-state index < -0.39 is 43.4 Å². The number of esters is 1. The highest BCUT2D eigenvalue weighted by atomic mass is 16.7. The molecule has 6 atom stereocenters. The van der Waals surface area contributed by atoms with Crippen molar-refractivity contribution in [2.45, 2.75) is 205 Å². The summed E-state index contributed by atoms with van der Waals surface area (Å²) in [6, 6.07) is 0. The lowest BCUT2D eigenvalue weighted by Gasteiger charge is -2.39. The van der Waals surface area contributed by atoms with E-state index in [0.717, 1.165) is 148 Å². The molecule has 9 heteroatoms. The summed E-state index contributed by atoms with van der Waals surface area (Å²) in [5, 5.41) is 40.3. The third-order valence-corrected chi connectivity index (χ3v) is 11.4. The molecule has 0 saturated carbocycles.